The second-order valence-corrected chi connectivity index (χ2v) is 9.49. The van der Waals surface area contributed by atoms with Crippen molar-refractivity contribution in [3.63, 3.8) is 0 Å². The van der Waals surface area contributed by atoms with Gasteiger partial charge in [-0.05, 0) is 61.9 Å². The van der Waals surface area contributed by atoms with Crippen LogP contribution in [0, 0.1) is 6.92 Å². The second kappa shape index (κ2) is 10.4. The predicted molar refractivity (Wildman–Crippen MR) is 130 cm³/mol. The summed E-state index contributed by atoms with van der Waals surface area (Å²) in [6, 6.07) is 19.3. The summed E-state index contributed by atoms with van der Waals surface area (Å²) in [5.41, 5.74) is 2.00. The molecule has 0 saturated heterocycles. The van der Waals surface area contributed by atoms with Crippen LogP contribution >= 0.6 is 0 Å². The lowest BCUT2D eigenvalue weighted by atomic mass is 10.2. The predicted octanol–water partition coefficient (Wildman–Crippen LogP) is 4.01. The number of ether oxygens (including phenoxy) is 2. The number of nitrogens with zero attached hydrogens (tertiary/aromatic N) is 1. The zero-order valence-corrected chi connectivity index (χ0v) is 20.1. The van der Waals surface area contributed by atoms with Gasteiger partial charge in [-0.3, -0.25) is 9.10 Å². The molecule has 1 amide bonds. The fraction of sp³-hybridized carbons (Fsp3) is 0.200. The van der Waals surface area contributed by atoms with E-state index in [-0.39, 0.29) is 10.5 Å². The molecule has 9 heteroatoms. The molecule has 0 aliphatic carbocycles. The van der Waals surface area contributed by atoms with Gasteiger partial charge in [0.1, 0.15) is 5.75 Å². The Morgan fingerprint density at radius 1 is 0.941 bits per heavy atom. The van der Waals surface area contributed by atoms with E-state index in [1.165, 1.54) is 45.3 Å². The van der Waals surface area contributed by atoms with E-state index in [1.54, 1.807) is 36.4 Å². The van der Waals surface area contributed by atoms with Crippen LogP contribution in [0.25, 0.3) is 0 Å². The zero-order chi connectivity index (χ0) is 24.9. The van der Waals surface area contributed by atoms with Crippen LogP contribution in [0.4, 0.5) is 11.4 Å². The normalized spacial score (nSPS) is 11.9. The van der Waals surface area contributed by atoms with E-state index in [9.17, 15) is 18.0 Å². The largest absolute Gasteiger partial charge is 0.495 e. The van der Waals surface area contributed by atoms with Gasteiger partial charge < -0.3 is 14.8 Å². The number of carbonyl (C=O) groups excluding carboxylic acids is 2. The van der Waals surface area contributed by atoms with Gasteiger partial charge in [-0.1, -0.05) is 30.3 Å². The zero-order valence-electron chi connectivity index (χ0n) is 19.3. The number of sulfonamides is 1. The standard InChI is InChI=1S/C25H26N2O6S/c1-17-9-5-6-10-21(17)26-24(28)18(2)33-25(29)19-13-15-20(16-14-19)34(30,31)27(3)22-11-7-8-12-23(22)32-4/h5-16,18H,1-4H3,(H,26,28)/t18-/m0/s1. The van der Waals surface area contributed by atoms with Gasteiger partial charge in [0.25, 0.3) is 15.9 Å². The van der Waals surface area contributed by atoms with E-state index >= 15 is 0 Å². The summed E-state index contributed by atoms with van der Waals surface area (Å²) < 4.78 is 37.7. The molecular weight excluding hydrogens is 456 g/mol. The maximum atomic E-state index is 13.1. The molecule has 0 aliphatic heterocycles. The lowest BCUT2D eigenvalue weighted by Crippen LogP contribution is -2.30. The third-order valence-corrected chi connectivity index (χ3v) is 7.01. The van der Waals surface area contributed by atoms with Gasteiger partial charge in [0.05, 0.1) is 23.3 Å². The summed E-state index contributed by atoms with van der Waals surface area (Å²) in [6.45, 7) is 3.32. The molecule has 1 N–H and O–H groups in total. The minimum Gasteiger partial charge on any atom is -0.495 e. The third kappa shape index (κ3) is 5.37. The number of hydrogen-bond acceptors (Lipinski definition) is 6. The van der Waals surface area contributed by atoms with Crippen molar-refractivity contribution in [1.29, 1.82) is 0 Å². The van der Waals surface area contributed by atoms with Crippen molar-refractivity contribution >= 4 is 33.3 Å². The molecule has 0 radical (unpaired) electrons. The quantitative estimate of drug-likeness (QED) is 0.487. The van der Waals surface area contributed by atoms with Gasteiger partial charge in [-0.15, -0.1) is 0 Å². The molecule has 1 atom stereocenters. The van der Waals surface area contributed by atoms with Crippen molar-refractivity contribution in [3.05, 3.63) is 83.9 Å². The van der Waals surface area contributed by atoms with Crippen LogP contribution in [0.5, 0.6) is 5.75 Å². The van der Waals surface area contributed by atoms with E-state index in [0.717, 1.165) is 9.87 Å². The third-order valence-electron chi connectivity index (χ3n) is 5.23. The number of carbonyl (C=O) groups is 2. The lowest BCUT2D eigenvalue weighted by Gasteiger charge is -2.21. The average molecular weight is 483 g/mol. The molecule has 0 unspecified atom stereocenters. The van der Waals surface area contributed by atoms with Gasteiger partial charge >= 0.3 is 5.97 Å². The first-order valence-electron chi connectivity index (χ1n) is 10.4. The summed E-state index contributed by atoms with van der Waals surface area (Å²) in [7, 11) is -1.02. The van der Waals surface area contributed by atoms with Gasteiger partial charge in [-0.25, -0.2) is 13.2 Å². The minimum absolute atomic E-state index is 0.0113. The van der Waals surface area contributed by atoms with Crippen LogP contribution in [0.1, 0.15) is 22.8 Å². The Morgan fingerprint density at radius 3 is 2.21 bits per heavy atom. The molecule has 0 bridgehead atoms. The SMILES string of the molecule is COc1ccccc1N(C)S(=O)(=O)c1ccc(C(=O)O[C@@H](C)C(=O)Nc2ccccc2C)cc1. The van der Waals surface area contributed by atoms with E-state index in [1.807, 2.05) is 19.1 Å². The van der Waals surface area contributed by atoms with Gasteiger partial charge in [-0.2, -0.15) is 0 Å². The first-order valence-corrected chi connectivity index (χ1v) is 11.9. The molecule has 0 aromatic heterocycles. The lowest BCUT2D eigenvalue weighted by molar-refractivity contribution is -0.123. The topological polar surface area (TPSA) is 102 Å². The highest BCUT2D eigenvalue weighted by atomic mass is 32.2. The van der Waals surface area contributed by atoms with Gasteiger partial charge in [0, 0.05) is 12.7 Å². The van der Waals surface area contributed by atoms with Crippen LogP contribution in [-0.4, -0.2) is 40.6 Å². The smallest absolute Gasteiger partial charge is 0.338 e. The van der Waals surface area contributed by atoms with Crippen LogP contribution in [0.2, 0.25) is 0 Å². The average Bonchev–Trinajstić information content (AvgIpc) is 2.84. The fourth-order valence-corrected chi connectivity index (χ4v) is 4.38. The van der Waals surface area contributed by atoms with Gasteiger partial charge in [0.2, 0.25) is 0 Å². The monoisotopic (exact) mass is 482 g/mol. The highest BCUT2D eigenvalue weighted by Crippen LogP contribution is 2.31. The van der Waals surface area contributed by atoms with E-state index in [0.29, 0.717) is 17.1 Å². The first kappa shape index (κ1) is 24.8. The summed E-state index contributed by atoms with van der Waals surface area (Å²) >= 11 is 0. The van der Waals surface area contributed by atoms with Gasteiger partial charge in [0.15, 0.2) is 6.10 Å². The molecule has 8 nitrogen and oxygen atoms in total. The number of esters is 1. The molecule has 0 saturated carbocycles. The Kier molecular flexibility index (Phi) is 7.57. The number of aryl methyl sites for hydroxylation is 1. The van der Waals surface area contributed by atoms with E-state index in [2.05, 4.69) is 5.32 Å². The number of benzene rings is 3. The number of nitrogens with one attached hydrogen (secondary N) is 1. The number of para-hydroxylation sites is 3. The highest BCUT2D eigenvalue weighted by molar-refractivity contribution is 7.92. The molecule has 0 spiro atoms. The molecule has 34 heavy (non-hydrogen) atoms. The Morgan fingerprint density at radius 2 is 1.56 bits per heavy atom. The molecule has 3 rings (SSSR count). The minimum atomic E-state index is -3.91. The molecule has 0 fully saturated rings. The Labute approximate surface area is 199 Å². The Bertz CT molecular complexity index is 1290. The first-order chi connectivity index (χ1) is 16.1. The fourth-order valence-electron chi connectivity index (χ4n) is 3.17. The molecular formula is C25H26N2O6S. The van der Waals surface area contributed by atoms with Crippen molar-refractivity contribution in [2.75, 3.05) is 23.8 Å². The van der Waals surface area contributed by atoms with Crippen LogP contribution in [0.3, 0.4) is 0 Å². The summed E-state index contributed by atoms with van der Waals surface area (Å²) in [5, 5.41) is 2.72. The van der Waals surface area contributed by atoms with Crippen molar-refractivity contribution < 1.29 is 27.5 Å². The van der Waals surface area contributed by atoms with E-state index in [4.69, 9.17) is 9.47 Å². The maximum Gasteiger partial charge on any atom is 0.338 e. The van der Waals surface area contributed by atoms with E-state index < -0.39 is 28.0 Å². The second-order valence-electron chi connectivity index (χ2n) is 7.52. The number of rotatable bonds is 8. The number of amides is 1. The number of methoxy groups -OCH3 is 1. The van der Waals surface area contributed by atoms with Crippen molar-refractivity contribution in [3.8, 4) is 5.75 Å². The summed E-state index contributed by atoms with van der Waals surface area (Å²) in [6.07, 6.45) is -1.05. The van der Waals surface area contributed by atoms with Crippen LogP contribution in [-0.2, 0) is 19.6 Å². The molecule has 0 aliphatic rings. The van der Waals surface area contributed by atoms with Crippen molar-refractivity contribution in [2.45, 2.75) is 24.8 Å². The van der Waals surface area contributed by atoms with Crippen LogP contribution < -0.4 is 14.4 Å². The Hall–Kier alpha value is -3.85. The molecule has 3 aromatic rings. The highest BCUT2D eigenvalue weighted by Gasteiger charge is 2.25. The van der Waals surface area contributed by atoms with Crippen molar-refractivity contribution in [1.82, 2.24) is 0 Å². The van der Waals surface area contributed by atoms with Crippen molar-refractivity contribution in [2.24, 2.45) is 0 Å². The van der Waals surface area contributed by atoms with Crippen LogP contribution in [0.15, 0.2) is 77.7 Å². The molecule has 3 aromatic carbocycles. The maximum absolute atomic E-state index is 13.1. The Balaban J connectivity index is 1.70. The summed E-state index contributed by atoms with van der Waals surface area (Å²) in [4.78, 5) is 24.9. The summed E-state index contributed by atoms with van der Waals surface area (Å²) in [5.74, 6) is -0.804. The molecule has 178 valence electrons. The molecule has 0 heterocycles. The number of hydrogen-bond donors (Lipinski definition) is 1. The number of anilines is 2.